The van der Waals surface area contributed by atoms with Crippen LogP contribution in [0.1, 0.15) is 25.2 Å². The number of ether oxygens (including phenoxy) is 1. The molecule has 4 nitrogen and oxygen atoms in total. The number of rotatable bonds is 6. The third-order valence-corrected chi connectivity index (χ3v) is 2.74. The first-order chi connectivity index (χ1) is 9.71. The normalized spacial score (nSPS) is 10.3. The summed E-state index contributed by atoms with van der Waals surface area (Å²) in [6, 6.07) is 8.15. The molecule has 1 heterocycles. The minimum Gasteiger partial charge on any atom is -0.478 e. The third kappa shape index (κ3) is 3.91. The predicted octanol–water partition coefficient (Wildman–Crippen LogP) is 3.19. The van der Waals surface area contributed by atoms with Gasteiger partial charge in [-0.25, -0.2) is 9.37 Å². The smallest absolute Gasteiger partial charge is 0.218 e. The van der Waals surface area contributed by atoms with Crippen molar-refractivity contribution >= 4 is 5.82 Å². The molecule has 106 valence electrons. The minimum absolute atomic E-state index is 0.234. The van der Waals surface area contributed by atoms with Crippen LogP contribution in [0.25, 0.3) is 0 Å². The van der Waals surface area contributed by atoms with Gasteiger partial charge >= 0.3 is 0 Å². The van der Waals surface area contributed by atoms with Crippen LogP contribution in [-0.2, 0) is 13.0 Å². The summed E-state index contributed by atoms with van der Waals surface area (Å²) in [5.41, 5.74) is 0.987. The molecule has 0 spiro atoms. The second-order valence-electron chi connectivity index (χ2n) is 4.27. The van der Waals surface area contributed by atoms with Gasteiger partial charge in [-0.05, 0) is 24.6 Å². The van der Waals surface area contributed by atoms with Crippen molar-refractivity contribution in [3.8, 4) is 5.88 Å². The Morgan fingerprint density at radius 3 is 2.55 bits per heavy atom. The fourth-order valence-electron chi connectivity index (χ4n) is 1.74. The fourth-order valence-corrected chi connectivity index (χ4v) is 1.74. The van der Waals surface area contributed by atoms with Gasteiger partial charge in [-0.2, -0.15) is 4.98 Å². The average molecular weight is 275 g/mol. The van der Waals surface area contributed by atoms with Crippen LogP contribution in [0, 0.1) is 5.82 Å². The highest BCUT2D eigenvalue weighted by molar-refractivity contribution is 5.39. The van der Waals surface area contributed by atoms with E-state index >= 15 is 0 Å². The summed E-state index contributed by atoms with van der Waals surface area (Å²) in [7, 11) is 0. The van der Waals surface area contributed by atoms with Gasteiger partial charge in [0.1, 0.15) is 17.5 Å². The lowest BCUT2D eigenvalue weighted by Crippen LogP contribution is -2.06. The summed E-state index contributed by atoms with van der Waals surface area (Å²) < 4.78 is 18.2. The number of anilines is 1. The van der Waals surface area contributed by atoms with Gasteiger partial charge in [-0.1, -0.05) is 19.1 Å². The van der Waals surface area contributed by atoms with E-state index in [-0.39, 0.29) is 5.82 Å². The number of halogens is 1. The summed E-state index contributed by atoms with van der Waals surface area (Å²) in [6.07, 6.45) is 0.742. The summed E-state index contributed by atoms with van der Waals surface area (Å²) in [4.78, 5) is 8.68. The van der Waals surface area contributed by atoms with Crippen molar-refractivity contribution < 1.29 is 9.13 Å². The maximum absolute atomic E-state index is 12.8. The van der Waals surface area contributed by atoms with E-state index in [1.807, 2.05) is 13.8 Å². The number of nitrogens with one attached hydrogen (secondary N) is 1. The van der Waals surface area contributed by atoms with Crippen LogP contribution in [-0.4, -0.2) is 16.6 Å². The second kappa shape index (κ2) is 6.84. The number of hydrogen-bond donors (Lipinski definition) is 1. The molecule has 5 heteroatoms. The highest BCUT2D eigenvalue weighted by Crippen LogP contribution is 2.15. The van der Waals surface area contributed by atoms with Crippen LogP contribution in [0.4, 0.5) is 10.2 Å². The Bertz CT molecular complexity index is 558. The molecule has 0 aliphatic heterocycles. The fraction of sp³-hybridized carbons (Fsp3) is 0.333. The number of benzene rings is 1. The Morgan fingerprint density at radius 2 is 1.90 bits per heavy atom. The van der Waals surface area contributed by atoms with Crippen molar-refractivity contribution in [2.45, 2.75) is 26.8 Å². The zero-order valence-corrected chi connectivity index (χ0v) is 11.7. The molecular weight excluding hydrogens is 257 g/mol. The molecule has 0 unspecified atom stereocenters. The number of hydrogen-bond acceptors (Lipinski definition) is 4. The summed E-state index contributed by atoms with van der Waals surface area (Å²) >= 11 is 0. The van der Waals surface area contributed by atoms with Crippen LogP contribution < -0.4 is 10.1 Å². The predicted molar refractivity (Wildman–Crippen MR) is 76.3 cm³/mol. The first-order valence-electron chi connectivity index (χ1n) is 6.70. The van der Waals surface area contributed by atoms with Crippen molar-refractivity contribution in [3.05, 3.63) is 47.5 Å². The Hall–Kier alpha value is -2.17. The molecule has 0 atom stereocenters. The zero-order chi connectivity index (χ0) is 14.4. The van der Waals surface area contributed by atoms with E-state index < -0.39 is 0 Å². The van der Waals surface area contributed by atoms with Crippen LogP contribution in [0.15, 0.2) is 30.3 Å². The number of aromatic nitrogens is 2. The molecule has 2 aromatic rings. The summed E-state index contributed by atoms with van der Waals surface area (Å²) in [5.74, 6) is 1.78. The molecule has 0 saturated heterocycles. The van der Waals surface area contributed by atoms with Crippen molar-refractivity contribution in [1.29, 1.82) is 0 Å². The molecule has 0 aliphatic carbocycles. The molecule has 0 fully saturated rings. The molecule has 1 aromatic carbocycles. The van der Waals surface area contributed by atoms with E-state index in [1.165, 1.54) is 12.1 Å². The van der Waals surface area contributed by atoms with Gasteiger partial charge < -0.3 is 10.1 Å². The lowest BCUT2D eigenvalue weighted by Gasteiger charge is -2.09. The first kappa shape index (κ1) is 14.2. The minimum atomic E-state index is -0.234. The van der Waals surface area contributed by atoms with Gasteiger partial charge in [0.05, 0.1) is 6.61 Å². The molecule has 1 N–H and O–H groups in total. The second-order valence-corrected chi connectivity index (χ2v) is 4.27. The maximum atomic E-state index is 12.8. The first-order valence-corrected chi connectivity index (χ1v) is 6.70. The largest absolute Gasteiger partial charge is 0.478 e. The van der Waals surface area contributed by atoms with Gasteiger partial charge in [0.15, 0.2) is 0 Å². The lowest BCUT2D eigenvalue weighted by atomic mass is 10.2. The maximum Gasteiger partial charge on any atom is 0.218 e. The van der Waals surface area contributed by atoms with E-state index in [2.05, 4.69) is 15.3 Å². The quantitative estimate of drug-likeness (QED) is 0.879. The van der Waals surface area contributed by atoms with E-state index in [4.69, 9.17) is 4.74 Å². The standard InChI is InChI=1S/C15H18FN3O/c1-3-13-18-14(9-15(19-13)20-4-2)17-10-11-5-7-12(16)8-6-11/h5-9H,3-4,10H2,1-2H3,(H,17,18,19). The Labute approximate surface area is 118 Å². The SMILES string of the molecule is CCOc1cc(NCc2ccc(F)cc2)nc(CC)n1. The van der Waals surface area contributed by atoms with Crippen LogP contribution >= 0.6 is 0 Å². The van der Waals surface area contributed by atoms with Crippen LogP contribution in [0.2, 0.25) is 0 Å². The number of aryl methyl sites for hydroxylation is 1. The molecule has 0 amide bonds. The van der Waals surface area contributed by atoms with Crippen LogP contribution in [0.5, 0.6) is 5.88 Å². The average Bonchev–Trinajstić information content (AvgIpc) is 2.47. The topological polar surface area (TPSA) is 47.0 Å². The van der Waals surface area contributed by atoms with E-state index in [0.717, 1.165) is 17.8 Å². The van der Waals surface area contributed by atoms with E-state index in [0.29, 0.717) is 24.8 Å². The molecular formula is C15H18FN3O. The Balaban J connectivity index is 2.07. The molecule has 1 aromatic heterocycles. The van der Waals surface area contributed by atoms with Gasteiger partial charge in [0, 0.05) is 19.0 Å². The third-order valence-electron chi connectivity index (χ3n) is 2.74. The van der Waals surface area contributed by atoms with E-state index in [1.54, 1.807) is 18.2 Å². The zero-order valence-electron chi connectivity index (χ0n) is 11.7. The lowest BCUT2D eigenvalue weighted by molar-refractivity contribution is 0.325. The Kier molecular flexibility index (Phi) is 4.87. The van der Waals surface area contributed by atoms with Crippen molar-refractivity contribution in [2.75, 3.05) is 11.9 Å². The van der Waals surface area contributed by atoms with E-state index in [9.17, 15) is 4.39 Å². The van der Waals surface area contributed by atoms with Gasteiger partial charge in [0.25, 0.3) is 0 Å². The van der Waals surface area contributed by atoms with Gasteiger partial charge in [-0.3, -0.25) is 0 Å². The monoisotopic (exact) mass is 275 g/mol. The van der Waals surface area contributed by atoms with Crippen molar-refractivity contribution in [3.63, 3.8) is 0 Å². The highest BCUT2D eigenvalue weighted by atomic mass is 19.1. The number of nitrogens with zero attached hydrogens (tertiary/aromatic N) is 2. The van der Waals surface area contributed by atoms with Crippen LogP contribution in [0.3, 0.4) is 0 Å². The molecule has 2 rings (SSSR count). The van der Waals surface area contributed by atoms with Crippen molar-refractivity contribution in [2.24, 2.45) is 0 Å². The van der Waals surface area contributed by atoms with Crippen molar-refractivity contribution in [1.82, 2.24) is 9.97 Å². The summed E-state index contributed by atoms with van der Waals surface area (Å²) in [5, 5.41) is 3.20. The molecule has 0 radical (unpaired) electrons. The molecule has 20 heavy (non-hydrogen) atoms. The summed E-state index contributed by atoms with van der Waals surface area (Å²) in [6.45, 7) is 5.05. The molecule has 0 bridgehead atoms. The molecule has 0 saturated carbocycles. The Morgan fingerprint density at radius 1 is 1.15 bits per heavy atom. The van der Waals surface area contributed by atoms with Gasteiger partial charge in [-0.15, -0.1) is 0 Å². The highest BCUT2D eigenvalue weighted by Gasteiger charge is 2.04. The van der Waals surface area contributed by atoms with Gasteiger partial charge in [0.2, 0.25) is 5.88 Å². The molecule has 0 aliphatic rings.